The number of carbonyl (C=O) groups is 1. The Morgan fingerprint density at radius 1 is 1.60 bits per heavy atom. The van der Waals surface area contributed by atoms with Gasteiger partial charge < -0.3 is 5.11 Å². The summed E-state index contributed by atoms with van der Waals surface area (Å²) in [6.07, 6.45) is 0.890. The molecule has 0 saturated heterocycles. The maximum absolute atomic E-state index is 13.5. The molecule has 15 heavy (non-hydrogen) atoms. The minimum absolute atomic E-state index is 0.296. The van der Waals surface area contributed by atoms with E-state index in [4.69, 9.17) is 5.11 Å². The largest absolute Gasteiger partial charge is 0.481 e. The number of rotatable bonds is 4. The normalized spacial score (nSPS) is 12.5. The highest BCUT2D eigenvalue weighted by atomic mass is 79.9. The van der Waals surface area contributed by atoms with Crippen LogP contribution in [0.4, 0.5) is 4.39 Å². The monoisotopic (exact) mass is 274 g/mol. The Hall–Kier alpha value is -0.900. The van der Waals surface area contributed by atoms with Gasteiger partial charge in [-0.1, -0.05) is 19.1 Å². The highest BCUT2D eigenvalue weighted by Gasteiger charge is 2.12. The first-order valence-electron chi connectivity index (χ1n) is 4.68. The fourth-order valence-electron chi connectivity index (χ4n) is 1.24. The van der Waals surface area contributed by atoms with Crippen molar-refractivity contribution in [2.45, 2.75) is 19.8 Å². The Morgan fingerprint density at radius 3 is 2.87 bits per heavy atom. The lowest BCUT2D eigenvalue weighted by atomic mass is 10.0. The van der Waals surface area contributed by atoms with Crippen molar-refractivity contribution in [3.63, 3.8) is 0 Å². The van der Waals surface area contributed by atoms with Gasteiger partial charge in [0, 0.05) is 0 Å². The van der Waals surface area contributed by atoms with Crippen molar-refractivity contribution in [1.29, 1.82) is 0 Å². The van der Waals surface area contributed by atoms with Crippen molar-refractivity contribution in [2.75, 3.05) is 0 Å². The van der Waals surface area contributed by atoms with Gasteiger partial charge in [-0.05, 0) is 40.4 Å². The number of hydrogen-bond donors (Lipinski definition) is 1. The van der Waals surface area contributed by atoms with E-state index >= 15 is 0 Å². The molecule has 0 fully saturated rings. The zero-order valence-electron chi connectivity index (χ0n) is 8.34. The molecule has 1 unspecified atom stereocenters. The molecular formula is C11H12BrFO2. The predicted molar refractivity (Wildman–Crippen MR) is 59.2 cm³/mol. The lowest BCUT2D eigenvalue weighted by Gasteiger charge is -2.07. The molecule has 0 amide bonds. The summed E-state index contributed by atoms with van der Waals surface area (Å²) in [5.74, 6) is -1.58. The number of aliphatic carboxylic acids is 1. The summed E-state index contributed by atoms with van der Waals surface area (Å²) in [7, 11) is 0. The van der Waals surface area contributed by atoms with Crippen LogP contribution in [0.3, 0.4) is 0 Å². The predicted octanol–water partition coefficient (Wildman–Crippen LogP) is 3.24. The molecule has 0 heterocycles. The number of aryl methyl sites for hydroxylation is 1. The van der Waals surface area contributed by atoms with Crippen molar-refractivity contribution >= 4 is 21.9 Å². The molecule has 1 atom stereocenters. The van der Waals surface area contributed by atoms with Gasteiger partial charge in [-0.2, -0.15) is 0 Å². The van der Waals surface area contributed by atoms with Crippen LogP contribution in [0, 0.1) is 11.7 Å². The minimum atomic E-state index is -0.842. The van der Waals surface area contributed by atoms with Crippen LogP contribution in [0.15, 0.2) is 22.7 Å². The third-order valence-electron chi connectivity index (χ3n) is 2.30. The lowest BCUT2D eigenvalue weighted by Crippen LogP contribution is -2.10. The molecule has 0 radical (unpaired) electrons. The topological polar surface area (TPSA) is 37.3 Å². The molecule has 0 aliphatic heterocycles. The van der Waals surface area contributed by atoms with Crippen molar-refractivity contribution < 1.29 is 14.3 Å². The molecule has 1 rings (SSSR count). The first kappa shape index (κ1) is 12.2. The van der Waals surface area contributed by atoms with Gasteiger partial charge in [-0.25, -0.2) is 4.39 Å². The van der Waals surface area contributed by atoms with Crippen molar-refractivity contribution in [2.24, 2.45) is 5.92 Å². The van der Waals surface area contributed by atoms with Crippen molar-refractivity contribution in [1.82, 2.24) is 0 Å². The second-order valence-electron chi connectivity index (χ2n) is 3.49. The van der Waals surface area contributed by atoms with E-state index in [1.165, 1.54) is 0 Å². The van der Waals surface area contributed by atoms with E-state index in [2.05, 4.69) is 15.9 Å². The maximum atomic E-state index is 13.5. The average Bonchev–Trinajstić information content (AvgIpc) is 2.19. The van der Waals surface area contributed by atoms with E-state index in [0.29, 0.717) is 22.9 Å². The lowest BCUT2D eigenvalue weighted by molar-refractivity contribution is -0.141. The highest BCUT2D eigenvalue weighted by molar-refractivity contribution is 9.10. The molecule has 0 aromatic heterocycles. The zero-order valence-corrected chi connectivity index (χ0v) is 9.92. The Morgan fingerprint density at radius 2 is 2.27 bits per heavy atom. The summed E-state index contributed by atoms with van der Waals surface area (Å²) in [5.41, 5.74) is 0.553. The minimum Gasteiger partial charge on any atom is -0.481 e. The quantitative estimate of drug-likeness (QED) is 0.915. The van der Waals surface area contributed by atoms with Gasteiger partial charge in [-0.15, -0.1) is 0 Å². The second kappa shape index (κ2) is 5.26. The third kappa shape index (κ3) is 3.30. The van der Waals surface area contributed by atoms with Gasteiger partial charge in [-0.3, -0.25) is 4.79 Å². The van der Waals surface area contributed by atoms with Gasteiger partial charge in [0.1, 0.15) is 5.82 Å². The Bertz CT molecular complexity index is 366. The van der Waals surface area contributed by atoms with Crippen molar-refractivity contribution in [3.05, 3.63) is 34.1 Å². The summed E-state index contributed by atoms with van der Waals surface area (Å²) < 4.78 is 13.9. The second-order valence-corrected chi connectivity index (χ2v) is 4.35. The molecule has 82 valence electrons. The summed E-state index contributed by atoms with van der Waals surface area (Å²) in [6.45, 7) is 1.62. The van der Waals surface area contributed by atoms with Crippen LogP contribution in [0.5, 0.6) is 0 Å². The fourth-order valence-corrected chi connectivity index (χ4v) is 1.64. The first-order chi connectivity index (χ1) is 7.02. The number of hydrogen-bond acceptors (Lipinski definition) is 1. The third-order valence-corrected chi connectivity index (χ3v) is 2.91. The molecule has 1 N–H and O–H groups in total. The SMILES string of the molecule is CC(CCc1cccc(Br)c1F)C(=O)O. The van der Waals surface area contributed by atoms with Crippen LogP contribution in [-0.2, 0) is 11.2 Å². The van der Waals surface area contributed by atoms with E-state index in [0.717, 1.165) is 0 Å². The van der Waals surface area contributed by atoms with E-state index in [1.54, 1.807) is 25.1 Å². The van der Waals surface area contributed by atoms with E-state index in [1.807, 2.05) is 0 Å². The van der Waals surface area contributed by atoms with Gasteiger partial charge in [0.05, 0.1) is 10.4 Å². The van der Waals surface area contributed by atoms with E-state index < -0.39 is 11.9 Å². The van der Waals surface area contributed by atoms with Crippen LogP contribution in [-0.4, -0.2) is 11.1 Å². The standard InChI is InChI=1S/C11H12BrFO2/c1-7(11(14)15)5-6-8-3-2-4-9(12)10(8)13/h2-4,7H,5-6H2,1H3,(H,14,15). The summed E-state index contributed by atoms with van der Waals surface area (Å²) in [4.78, 5) is 10.6. The Kier molecular flexibility index (Phi) is 4.27. The molecular weight excluding hydrogens is 263 g/mol. The van der Waals surface area contributed by atoms with Crippen LogP contribution < -0.4 is 0 Å². The van der Waals surface area contributed by atoms with Crippen LogP contribution in [0.2, 0.25) is 0 Å². The maximum Gasteiger partial charge on any atom is 0.306 e. The van der Waals surface area contributed by atoms with Crippen LogP contribution in [0.25, 0.3) is 0 Å². The van der Waals surface area contributed by atoms with Gasteiger partial charge in [0.2, 0.25) is 0 Å². The van der Waals surface area contributed by atoms with Crippen LogP contribution in [0.1, 0.15) is 18.9 Å². The Labute approximate surface area is 96.2 Å². The molecule has 1 aromatic carbocycles. The van der Waals surface area contributed by atoms with Gasteiger partial charge in [0.15, 0.2) is 0 Å². The average molecular weight is 275 g/mol. The summed E-state index contributed by atoms with van der Waals surface area (Å²) in [5, 5.41) is 8.68. The summed E-state index contributed by atoms with van der Waals surface area (Å²) >= 11 is 3.09. The molecule has 1 aromatic rings. The Balaban J connectivity index is 2.66. The fraction of sp³-hybridized carbons (Fsp3) is 0.364. The number of halogens is 2. The first-order valence-corrected chi connectivity index (χ1v) is 5.47. The number of carboxylic acids is 1. The van der Waals surface area contributed by atoms with E-state index in [9.17, 15) is 9.18 Å². The number of carboxylic acid groups (broad SMARTS) is 1. The van der Waals surface area contributed by atoms with E-state index in [-0.39, 0.29) is 5.82 Å². The molecule has 0 bridgehead atoms. The molecule has 0 aliphatic rings. The van der Waals surface area contributed by atoms with Gasteiger partial charge in [0.25, 0.3) is 0 Å². The molecule has 4 heteroatoms. The molecule has 0 saturated carbocycles. The smallest absolute Gasteiger partial charge is 0.306 e. The highest BCUT2D eigenvalue weighted by Crippen LogP contribution is 2.20. The molecule has 0 spiro atoms. The zero-order chi connectivity index (χ0) is 11.4. The van der Waals surface area contributed by atoms with Crippen LogP contribution >= 0.6 is 15.9 Å². The molecule has 2 nitrogen and oxygen atoms in total. The summed E-state index contributed by atoms with van der Waals surface area (Å²) in [6, 6.07) is 5.04. The number of benzene rings is 1. The van der Waals surface area contributed by atoms with Gasteiger partial charge >= 0.3 is 5.97 Å². The van der Waals surface area contributed by atoms with Crippen molar-refractivity contribution in [3.8, 4) is 0 Å². The molecule has 0 aliphatic carbocycles.